The van der Waals surface area contributed by atoms with E-state index in [1.807, 2.05) is 25.1 Å². The van der Waals surface area contributed by atoms with Crippen molar-refractivity contribution >= 4 is 62.7 Å². The molecule has 2 N–H and O–H groups in total. The minimum absolute atomic E-state index is 0.185. The summed E-state index contributed by atoms with van der Waals surface area (Å²) in [6.45, 7) is 1.87. The van der Waals surface area contributed by atoms with Crippen LogP contribution in [0.4, 0.5) is 5.82 Å². The van der Waals surface area contributed by atoms with Gasteiger partial charge in [-0.15, -0.1) is 0 Å². The van der Waals surface area contributed by atoms with Crippen molar-refractivity contribution in [3.63, 3.8) is 0 Å². The molecule has 2 aromatic rings. The van der Waals surface area contributed by atoms with Crippen molar-refractivity contribution in [3.8, 4) is 0 Å². The number of hydrogen-bond donors (Lipinski definition) is 2. The number of anilines is 1. The molecule has 23 heavy (non-hydrogen) atoms. The van der Waals surface area contributed by atoms with Gasteiger partial charge in [-0.3, -0.25) is 10.1 Å². The molecule has 0 fully saturated rings. The highest BCUT2D eigenvalue weighted by molar-refractivity contribution is 9.10. The zero-order valence-electron chi connectivity index (χ0n) is 12.1. The molecule has 4 nitrogen and oxygen atoms in total. The van der Waals surface area contributed by atoms with Crippen LogP contribution in [0.5, 0.6) is 0 Å². The number of carbonyl (C=O) groups is 1. The molecule has 0 aliphatic rings. The van der Waals surface area contributed by atoms with Crippen LogP contribution in [0.3, 0.4) is 0 Å². The summed E-state index contributed by atoms with van der Waals surface area (Å²) in [4.78, 5) is 16.1. The molecule has 0 atom stereocenters. The summed E-state index contributed by atoms with van der Waals surface area (Å²) in [6, 6.07) is 10.8. The van der Waals surface area contributed by atoms with Gasteiger partial charge in [0.15, 0.2) is 5.11 Å². The molecular weight excluding hydrogens is 398 g/mol. The van der Waals surface area contributed by atoms with Crippen LogP contribution in [-0.2, 0) is 4.79 Å². The van der Waals surface area contributed by atoms with E-state index in [-0.39, 0.29) is 11.0 Å². The first-order valence-corrected chi connectivity index (χ1v) is 8.21. The molecular formula is C16H13BrClN3OS. The zero-order chi connectivity index (χ0) is 16.8. The Hall–Kier alpha value is -1.76. The summed E-state index contributed by atoms with van der Waals surface area (Å²) in [7, 11) is 0. The third-order valence-electron chi connectivity index (χ3n) is 2.80. The molecule has 1 aromatic heterocycles. The Morgan fingerprint density at radius 1 is 1.26 bits per heavy atom. The second kappa shape index (κ2) is 8.19. The highest BCUT2D eigenvalue weighted by Gasteiger charge is 2.04. The van der Waals surface area contributed by atoms with Crippen LogP contribution in [0.2, 0.25) is 5.02 Å². The van der Waals surface area contributed by atoms with Gasteiger partial charge in [-0.25, -0.2) is 4.98 Å². The Morgan fingerprint density at radius 2 is 1.96 bits per heavy atom. The van der Waals surface area contributed by atoms with Gasteiger partial charge in [-0.05, 0) is 71.0 Å². The number of pyridine rings is 1. The van der Waals surface area contributed by atoms with E-state index in [1.165, 1.54) is 6.08 Å². The number of thiocarbonyl (C=S) groups is 1. The molecule has 0 spiro atoms. The predicted molar refractivity (Wildman–Crippen MR) is 102 cm³/mol. The van der Waals surface area contributed by atoms with E-state index in [0.717, 1.165) is 15.7 Å². The SMILES string of the molecule is Cc1nc(NC(=S)NC(=O)/C=C/c2ccc(Cl)cc2)ccc1Br. The van der Waals surface area contributed by atoms with Crippen molar-refractivity contribution in [2.24, 2.45) is 0 Å². The van der Waals surface area contributed by atoms with Crippen LogP contribution < -0.4 is 10.6 Å². The first-order chi connectivity index (χ1) is 10.9. The number of aromatic nitrogens is 1. The minimum Gasteiger partial charge on any atom is -0.317 e. The standard InChI is InChI=1S/C16H13BrClN3OS/c1-10-13(17)7-8-14(19-10)20-16(23)21-15(22)9-4-11-2-5-12(18)6-3-11/h2-9H,1H3,(H2,19,20,21,22,23)/b9-4+. The van der Waals surface area contributed by atoms with E-state index in [9.17, 15) is 4.79 Å². The molecule has 0 aliphatic heterocycles. The Labute approximate surface area is 153 Å². The fraction of sp³-hybridized carbons (Fsp3) is 0.0625. The number of nitrogens with one attached hydrogen (secondary N) is 2. The zero-order valence-corrected chi connectivity index (χ0v) is 15.3. The van der Waals surface area contributed by atoms with E-state index < -0.39 is 0 Å². The maximum Gasteiger partial charge on any atom is 0.250 e. The molecule has 0 saturated carbocycles. The number of aryl methyl sites for hydroxylation is 1. The van der Waals surface area contributed by atoms with Crippen molar-refractivity contribution in [1.82, 2.24) is 10.3 Å². The second-order valence-electron chi connectivity index (χ2n) is 4.59. The molecule has 2 rings (SSSR count). The lowest BCUT2D eigenvalue weighted by atomic mass is 10.2. The topological polar surface area (TPSA) is 54.0 Å². The van der Waals surface area contributed by atoms with Gasteiger partial charge in [0, 0.05) is 15.6 Å². The summed E-state index contributed by atoms with van der Waals surface area (Å²) >= 11 is 14.3. The van der Waals surface area contributed by atoms with E-state index in [4.69, 9.17) is 23.8 Å². The first-order valence-electron chi connectivity index (χ1n) is 6.63. The lowest BCUT2D eigenvalue weighted by Crippen LogP contribution is -2.33. The van der Waals surface area contributed by atoms with Crippen LogP contribution in [0.15, 0.2) is 46.9 Å². The van der Waals surface area contributed by atoms with Gasteiger partial charge in [0.1, 0.15) is 5.82 Å². The average Bonchev–Trinajstić information content (AvgIpc) is 2.50. The summed E-state index contributed by atoms with van der Waals surface area (Å²) in [5.74, 6) is 0.240. The van der Waals surface area contributed by atoms with Gasteiger partial charge in [0.2, 0.25) is 5.91 Å². The van der Waals surface area contributed by atoms with Crippen molar-refractivity contribution in [1.29, 1.82) is 0 Å². The van der Waals surface area contributed by atoms with Crippen LogP contribution in [0.1, 0.15) is 11.3 Å². The molecule has 0 radical (unpaired) electrons. The lowest BCUT2D eigenvalue weighted by Gasteiger charge is -2.08. The fourth-order valence-electron chi connectivity index (χ4n) is 1.66. The van der Waals surface area contributed by atoms with Gasteiger partial charge in [-0.1, -0.05) is 23.7 Å². The molecule has 7 heteroatoms. The molecule has 0 aliphatic carbocycles. The third-order valence-corrected chi connectivity index (χ3v) is 4.09. The van der Waals surface area contributed by atoms with Crippen LogP contribution in [0.25, 0.3) is 6.08 Å². The smallest absolute Gasteiger partial charge is 0.250 e. The number of amides is 1. The molecule has 118 valence electrons. The van der Waals surface area contributed by atoms with E-state index in [0.29, 0.717) is 10.8 Å². The fourth-order valence-corrected chi connectivity index (χ4v) is 2.21. The Bertz CT molecular complexity index is 762. The molecule has 0 bridgehead atoms. The molecule has 1 amide bonds. The lowest BCUT2D eigenvalue weighted by molar-refractivity contribution is -0.115. The summed E-state index contributed by atoms with van der Waals surface area (Å²) in [5.41, 5.74) is 1.69. The Morgan fingerprint density at radius 3 is 2.61 bits per heavy atom. The Balaban J connectivity index is 1.90. The van der Waals surface area contributed by atoms with Crippen LogP contribution >= 0.6 is 39.7 Å². The van der Waals surface area contributed by atoms with Gasteiger partial charge in [0.25, 0.3) is 0 Å². The number of hydrogen-bond acceptors (Lipinski definition) is 3. The minimum atomic E-state index is -0.328. The predicted octanol–water partition coefficient (Wildman–Crippen LogP) is 4.33. The van der Waals surface area contributed by atoms with Crippen molar-refractivity contribution in [2.45, 2.75) is 6.92 Å². The van der Waals surface area contributed by atoms with Gasteiger partial charge < -0.3 is 5.32 Å². The van der Waals surface area contributed by atoms with Crippen molar-refractivity contribution in [3.05, 3.63) is 63.2 Å². The van der Waals surface area contributed by atoms with Crippen molar-refractivity contribution in [2.75, 3.05) is 5.32 Å². The van der Waals surface area contributed by atoms with Gasteiger partial charge in [-0.2, -0.15) is 0 Å². The van der Waals surface area contributed by atoms with Crippen LogP contribution in [-0.4, -0.2) is 16.0 Å². The number of halogens is 2. The molecule has 0 unspecified atom stereocenters. The maximum absolute atomic E-state index is 11.8. The average molecular weight is 411 g/mol. The number of nitrogens with zero attached hydrogens (tertiary/aromatic N) is 1. The van der Waals surface area contributed by atoms with Gasteiger partial charge in [0.05, 0.1) is 5.69 Å². The quantitative estimate of drug-likeness (QED) is 0.584. The first kappa shape index (κ1) is 17.6. The third kappa shape index (κ3) is 5.74. The maximum atomic E-state index is 11.8. The number of benzene rings is 1. The largest absolute Gasteiger partial charge is 0.317 e. The Kier molecular flexibility index (Phi) is 6.27. The second-order valence-corrected chi connectivity index (χ2v) is 6.29. The highest BCUT2D eigenvalue weighted by Crippen LogP contribution is 2.16. The van der Waals surface area contributed by atoms with Crippen LogP contribution in [0, 0.1) is 6.92 Å². The summed E-state index contributed by atoms with van der Waals surface area (Å²) in [5, 5.41) is 6.26. The molecule has 1 heterocycles. The van der Waals surface area contributed by atoms with E-state index >= 15 is 0 Å². The van der Waals surface area contributed by atoms with E-state index in [1.54, 1.807) is 24.3 Å². The summed E-state index contributed by atoms with van der Waals surface area (Å²) in [6.07, 6.45) is 3.08. The van der Waals surface area contributed by atoms with Gasteiger partial charge >= 0.3 is 0 Å². The molecule has 1 aromatic carbocycles. The van der Waals surface area contributed by atoms with E-state index in [2.05, 4.69) is 31.5 Å². The highest BCUT2D eigenvalue weighted by atomic mass is 79.9. The van der Waals surface area contributed by atoms with Crippen molar-refractivity contribution < 1.29 is 4.79 Å². The number of carbonyl (C=O) groups excluding carboxylic acids is 1. The monoisotopic (exact) mass is 409 g/mol. The normalized spacial score (nSPS) is 10.6. The summed E-state index contributed by atoms with van der Waals surface area (Å²) < 4.78 is 0.906. The molecule has 0 saturated heterocycles. The number of rotatable bonds is 3.